The van der Waals surface area contributed by atoms with Crippen LogP contribution in [0.5, 0.6) is 0 Å². The highest BCUT2D eigenvalue weighted by molar-refractivity contribution is 7.99. The third-order valence-corrected chi connectivity index (χ3v) is 4.09. The van der Waals surface area contributed by atoms with Crippen LogP contribution in [0, 0.1) is 0 Å². The van der Waals surface area contributed by atoms with Crippen LogP contribution in [0.2, 0.25) is 0 Å². The van der Waals surface area contributed by atoms with Gasteiger partial charge in [0.15, 0.2) is 5.58 Å². The number of hydrogen-bond acceptors (Lipinski definition) is 6. The molecule has 1 atom stereocenters. The molecule has 1 aliphatic heterocycles. The van der Waals surface area contributed by atoms with Gasteiger partial charge in [-0.05, 0) is 19.2 Å². The summed E-state index contributed by atoms with van der Waals surface area (Å²) in [5, 5.41) is 0.678. The van der Waals surface area contributed by atoms with Gasteiger partial charge in [-0.2, -0.15) is 0 Å². The molecule has 0 saturated carbocycles. The Bertz CT molecular complexity index is 572. The number of anilines is 1. The van der Waals surface area contributed by atoms with E-state index in [9.17, 15) is 0 Å². The Morgan fingerprint density at radius 1 is 1.53 bits per heavy atom. The number of ether oxygens (including phenoxy) is 1. The summed E-state index contributed by atoms with van der Waals surface area (Å²) < 4.78 is 11.4. The van der Waals surface area contributed by atoms with E-state index in [0.717, 1.165) is 36.5 Å². The van der Waals surface area contributed by atoms with Gasteiger partial charge in [-0.1, -0.05) is 11.8 Å². The number of nitrogens with zero attached hydrogens (tertiary/aromatic N) is 2. The zero-order valence-electron chi connectivity index (χ0n) is 10.8. The lowest BCUT2D eigenvalue weighted by molar-refractivity contribution is -0.00606. The predicted octanol–water partition coefficient (Wildman–Crippen LogP) is 1.83. The minimum Gasteiger partial charge on any atom is -0.431 e. The van der Waals surface area contributed by atoms with E-state index < -0.39 is 0 Å². The van der Waals surface area contributed by atoms with Gasteiger partial charge in [0.25, 0.3) is 5.22 Å². The molecule has 0 bridgehead atoms. The lowest BCUT2D eigenvalue weighted by Gasteiger charge is -2.29. The second-order valence-electron chi connectivity index (χ2n) is 4.77. The van der Waals surface area contributed by atoms with Crippen LogP contribution in [0.3, 0.4) is 0 Å². The molecule has 0 spiro atoms. The van der Waals surface area contributed by atoms with Gasteiger partial charge in [0, 0.05) is 30.6 Å². The van der Waals surface area contributed by atoms with Crippen molar-refractivity contribution in [2.24, 2.45) is 0 Å². The molecule has 1 unspecified atom stereocenters. The molecule has 2 heterocycles. The molecule has 1 aromatic carbocycles. The average molecular weight is 279 g/mol. The monoisotopic (exact) mass is 279 g/mol. The first-order chi connectivity index (χ1) is 9.20. The molecular weight excluding hydrogens is 262 g/mol. The van der Waals surface area contributed by atoms with E-state index in [0.29, 0.717) is 10.9 Å². The maximum atomic E-state index is 5.72. The average Bonchev–Trinajstić information content (AvgIpc) is 2.78. The van der Waals surface area contributed by atoms with Crippen molar-refractivity contribution in [1.29, 1.82) is 0 Å². The quantitative estimate of drug-likeness (QED) is 0.683. The molecule has 0 radical (unpaired) electrons. The Hall–Kier alpha value is -1.24. The van der Waals surface area contributed by atoms with E-state index >= 15 is 0 Å². The number of thioether (sulfide) groups is 1. The number of likely N-dealkylation sites (N-methyl/N-ethyl adjacent to an activating group) is 1. The maximum absolute atomic E-state index is 5.72. The molecule has 1 aliphatic rings. The largest absolute Gasteiger partial charge is 0.431 e. The highest BCUT2D eigenvalue weighted by Gasteiger charge is 2.19. The van der Waals surface area contributed by atoms with Crippen LogP contribution in [0.4, 0.5) is 5.69 Å². The standard InChI is InChI=1S/C13H17N3O2S/c1-16-4-5-17-10(7-16)8-19-13-15-11-3-2-9(14)6-12(11)18-13/h2-3,6,10H,4-5,7-8,14H2,1H3. The number of benzene rings is 1. The number of nitrogen functional groups attached to an aromatic ring is 1. The zero-order valence-corrected chi connectivity index (χ0v) is 11.7. The number of morpholine rings is 1. The minimum atomic E-state index is 0.240. The highest BCUT2D eigenvalue weighted by Crippen LogP contribution is 2.26. The normalized spacial score (nSPS) is 21.0. The molecule has 3 rings (SSSR count). The van der Waals surface area contributed by atoms with Crippen LogP contribution in [-0.4, -0.2) is 48.5 Å². The predicted molar refractivity (Wildman–Crippen MR) is 76.4 cm³/mol. The summed E-state index contributed by atoms with van der Waals surface area (Å²) >= 11 is 1.59. The molecule has 1 saturated heterocycles. The van der Waals surface area contributed by atoms with Gasteiger partial charge in [-0.25, -0.2) is 4.98 Å². The SMILES string of the molecule is CN1CCOC(CSc2nc3ccc(N)cc3o2)C1. The van der Waals surface area contributed by atoms with Gasteiger partial charge in [0.1, 0.15) is 5.52 Å². The second kappa shape index (κ2) is 5.40. The van der Waals surface area contributed by atoms with Crippen molar-refractivity contribution in [3.05, 3.63) is 18.2 Å². The Morgan fingerprint density at radius 2 is 2.42 bits per heavy atom. The van der Waals surface area contributed by atoms with Crippen molar-refractivity contribution in [1.82, 2.24) is 9.88 Å². The molecule has 19 heavy (non-hydrogen) atoms. The maximum Gasteiger partial charge on any atom is 0.256 e. The Morgan fingerprint density at radius 3 is 3.26 bits per heavy atom. The molecule has 2 N–H and O–H groups in total. The Balaban J connectivity index is 1.65. The van der Waals surface area contributed by atoms with E-state index in [1.54, 1.807) is 17.8 Å². The topological polar surface area (TPSA) is 64.5 Å². The van der Waals surface area contributed by atoms with Crippen molar-refractivity contribution < 1.29 is 9.15 Å². The molecule has 102 valence electrons. The van der Waals surface area contributed by atoms with Crippen molar-refractivity contribution in [2.45, 2.75) is 11.3 Å². The first-order valence-corrected chi connectivity index (χ1v) is 7.28. The molecule has 0 amide bonds. The van der Waals surface area contributed by atoms with Gasteiger partial charge in [-0.3, -0.25) is 0 Å². The van der Waals surface area contributed by atoms with E-state index in [2.05, 4.69) is 16.9 Å². The molecule has 1 aromatic heterocycles. The van der Waals surface area contributed by atoms with Crippen molar-refractivity contribution >= 4 is 28.5 Å². The summed E-state index contributed by atoms with van der Waals surface area (Å²) in [4.78, 5) is 6.71. The van der Waals surface area contributed by atoms with Crippen molar-refractivity contribution in [2.75, 3.05) is 38.2 Å². The number of rotatable bonds is 3. The van der Waals surface area contributed by atoms with Crippen molar-refractivity contribution in [3.63, 3.8) is 0 Å². The van der Waals surface area contributed by atoms with Crippen LogP contribution in [0.25, 0.3) is 11.1 Å². The Kier molecular flexibility index (Phi) is 3.63. The number of nitrogens with two attached hydrogens (primary N) is 1. The number of hydrogen-bond donors (Lipinski definition) is 1. The van der Waals surface area contributed by atoms with E-state index in [1.165, 1.54) is 0 Å². The van der Waals surface area contributed by atoms with Crippen LogP contribution in [0.15, 0.2) is 27.8 Å². The van der Waals surface area contributed by atoms with Gasteiger partial charge < -0.3 is 19.8 Å². The summed E-state index contributed by atoms with van der Waals surface area (Å²) in [7, 11) is 2.11. The van der Waals surface area contributed by atoms with Gasteiger partial charge in [0.05, 0.1) is 12.7 Å². The lowest BCUT2D eigenvalue weighted by Crippen LogP contribution is -2.41. The van der Waals surface area contributed by atoms with Gasteiger partial charge >= 0.3 is 0 Å². The Labute approximate surface area is 116 Å². The van der Waals surface area contributed by atoms with E-state index in [4.69, 9.17) is 14.9 Å². The molecule has 0 aliphatic carbocycles. The molecule has 2 aromatic rings. The van der Waals surface area contributed by atoms with Crippen molar-refractivity contribution in [3.8, 4) is 0 Å². The lowest BCUT2D eigenvalue weighted by atomic mass is 10.3. The van der Waals surface area contributed by atoms with E-state index in [1.807, 2.05) is 12.1 Å². The summed E-state index contributed by atoms with van der Waals surface area (Å²) in [5.41, 5.74) is 8.00. The summed E-state index contributed by atoms with van der Waals surface area (Å²) in [5.74, 6) is 0.854. The first-order valence-electron chi connectivity index (χ1n) is 6.30. The number of fused-ring (bicyclic) bond motifs is 1. The summed E-state index contributed by atoms with van der Waals surface area (Å²) in [6.45, 7) is 2.76. The molecular formula is C13H17N3O2S. The molecule has 6 heteroatoms. The first kappa shape index (κ1) is 12.8. The summed E-state index contributed by atoms with van der Waals surface area (Å²) in [6.07, 6.45) is 0.240. The highest BCUT2D eigenvalue weighted by atomic mass is 32.2. The molecule has 1 fully saturated rings. The summed E-state index contributed by atoms with van der Waals surface area (Å²) in [6, 6.07) is 5.51. The smallest absolute Gasteiger partial charge is 0.256 e. The van der Waals surface area contributed by atoms with E-state index in [-0.39, 0.29) is 6.10 Å². The minimum absolute atomic E-state index is 0.240. The number of oxazole rings is 1. The number of aromatic nitrogens is 1. The van der Waals surface area contributed by atoms with Crippen LogP contribution < -0.4 is 5.73 Å². The second-order valence-corrected chi connectivity index (χ2v) is 5.74. The zero-order chi connectivity index (χ0) is 13.2. The third-order valence-electron chi connectivity index (χ3n) is 3.13. The van der Waals surface area contributed by atoms with Crippen LogP contribution in [0.1, 0.15) is 0 Å². The third kappa shape index (κ3) is 3.02. The van der Waals surface area contributed by atoms with Crippen LogP contribution in [-0.2, 0) is 4.74 Å². The fourth-order valence-electron chi connectivity index (χ4n) is 2.11. The molecule has 5 nitrogen and oxygen atoms in total. The fourth-order valence-corrected chi connectivity index (χ4v) is 2.96. The van der Waals surface area contributed by atoms with Crippen LogP contribution >= 0.6 is 11.8 Å². The fraction of sp³-hybridized carbons (Fsp3) is 0.462. The van der Waals surface area contributed by atoms with Gasteiger partial charge in [-0.15, -0.1) is 0 Å². The van der Waals surface area contributed by atoms with Gasteiger partial charge in [0.2, 0.25) is 0 Å².